The normalized spacial score (nSPS) is 13.3. The molecular weight excluding hydrogens is 1090 g/mol. The number of phosphoric ester groups is 1. The van der Waals surface area contributed by atoms with Gasteiger partial charge in [-0.3, -0.25) is 18.6 Å². The molecule has 0 aromatic heterocycles. The number of unbranched alkanes of at least 4 members (excludes halogenated alkanes) is 48. The summed E-state index contributed by atoms with van der Waals surface area (Å²) < 4.78 is 34.7. The second kappa shape index (κ2) is 67.4. The van der Waals surface area contributed by atoms with Gasteiger partial charge in [0.05, 0.1) is 27.7 Å². The molecule has 0 aliphatic carbocycles. The van der Waals surface area contributed by atoms with Crippen LogP contribution in [0, 0.1) is 0 Å². The molecule has 10 heteroatoms. The van der Waals surface area contributed by atoms with Crippen molar-refractivity contribution in [1.82, 2.24) is 0 Å². The topological polar surface area (TPSA) is 108 Å². The van der Waals surface area contributed by atoms with Crippen molar-refractivity contribution < 1.29 is 42.1 Å². The van der Waals surface area contributed by atoms with Crippen LogP contribution in [-0.2, 0) is 32.7 Å². The van der Waals surface area contributed by atoms with E-state index in [2.05, 4.69) is 62.5 Å². The first kappa shape index (κ1) is 84.0. The lowest BCUT2D eigenvalue weighted by Gasteiger charge is -2.24. The number of carbonyl (C=O) groups excluding carboxylic acids is 2. The number of esters is 2. The molecule has 0 saturated carbocycles. The lowest BCUT2D eigenvalue weighted by Crippen LogP contribution is -2.37. The van der Waals surface area contributed by atoms with E-state index in [4.69, 9.17) is 18.5 Å². The highest BCUT2D eigenvalue weighted by Crippen LogP contribution is 2.43. The third-order valence-electron chi connectivity index (χ3n) is 16.8. The van der Waals surface area contributed by atoms with Gasteiger partial charge < -0.3 is 18.9 Å². The first-order valence-electron chi connectivity index (χ1n) is 37.4. The molecule has 0 aliphatic heterocycles. The van der Waals surface area contributed by atoms with E-state index in [0.717, 1.165) is 44.9 Å². The third kappa shape index (κ3) is 71.1. The Balaban J connectivity index is 3.89. The Morgan fingerprint density at radius 2 is 0.628 bits per heavy atom. The third-order valence-corrected chi connectivity index (χ3v) is 17.8. The van der Waals surface area contributed by atoms with Crippen molar-refractivity contribution in [2.75, 3.05) is 47.5 Å². The van der Waals surface area contributed by atoms with Gasteiger partial charge in [0, 0.05) is 12.8 Å². The van der Waals surface area contributed by atoms with Crippen LogP contribution in [0.1, 0.15) is 373 Å². The fourth-order valence-corrected chi connectivity index (χ4v) is 11.8. The summed E-state index contributed by atoms with van der Waals surface area (Å²) in [4.78, 5) is 35.9. The maximum atomic E-state index is 12.9. The lowest BCUT2D eigenvalue weighted by molar-refractivity contribution is -0.870. The van der Waals surface area contributed by atoms with Gasteiger partial charge in [-0.25, -0.2) is 4.57 Å². The molecule has 2 unspecified atom stereocenters. The van der Waals surface area contributed by atoms with Crippen LogP contribution in [0.25, 0.3) is 0 Å². The summed E-state index contributed by atoms with van der Waals surface area (Å²) in [5, 5.41) is 0. The second-order valence-electron chi connectivity index (χ2n) is 26.7. The van der Waals surface area contributed by atoms with E-state index in [-0.39, 0.29) is 25.6 Å². The lowest BCUT2D eigenvalue weighted by atomic mass is 10.0. The van der Waals surface area contributed by atoms with Gasteiger partial charge in [-0.15, -0.1) is 0 Å². The molecule has 0 aromatic rings. The number of phosphoric acid groups is 1. The molecule has 0 fully saturated rings. The van der Waals surface area contributed by atoms with E-state index in [1.54, 1.807) is 0 Å². The fourth-order valence-electron chi connectivity index (χ4n) is 11.1. The van der Waals surface area contributed by atoms with Crippen molar-refractivity contribution in [3.63, 3.8) is 0 Å². The summed E-state index contributed by atoms with van der Waals surface area (Å²) in [6.45, 7) is 4.48. The molecule has 0 rings (SSSR count). The minimum absolute atomic E-state index is 0.0337. The van der Waals surface area contributed by atoms with E-state index in [1.165, 1.54) is 295 Å². The molecule has 0 heterocycles. The number of hydrogen-bond acceptors (Lipinski definition) is 7. The van der Waals surface area contributed by atoms with Crippen LogP contribution in [0.3, 0.4) is 0 Å². The number of quaternary nitrogens is 1. The van der Waals surface area contributed by atoms with E-state index < -0.39 is 26.5 Å². The van der Waals surface area contributed by atoms with Gasteiger partial charge in [-0.2, -0.15) is 0 Å². The van der Waals surface area contributed by atoms with Crippen molar-refractivity contribution in [2.24, 2.45) is 0 Å². The van der Waals surface area contributed by atoms with Crippen LogP contribution < -0.4 is 0 Å². The average Bonchev–Trinajstić information content (AvgIpc) is 3.70. The van der Waals surface area contributed by atoms with Gasteiger partial charge in [0.25, 0.3) is 0 Å². The Bertz CT molecular complexity index is 1590. The van der Waals surface area contributed by atoms with E-state index in [0.29, 0.717) is 23.9 Å². The van der Waals surface area contributed by atoms with Gasteiger partial charge in [-0.05, 0) is 77.0 Å². The molecule has 1 N–H and O–H groups in total. The number of hydrogen-bond donors (Lipinski definition) is 1. The number of ether oxygens (including phenoxy) is 2. The Morgan fingerprint density at radius 3 is 0.942 bits per heavy atom. The van der Waals surface area contributed by atoms with Crippen LogP contribution in [0.5, 0.6) is 0 Å². The van der Waals surface area contributed by atoms with E-state index >= 15 is 0 Å². The highest BCUT2D eigenvalue weighted by Gasteiger charge is 2.27. The first-order valence-corrected chi connectivity index (χ1v) is 38.9. The predicted molar refractivity (Wildman–Crippen MR) is 372 cm³/mol. The molecule has 9 nitrogen and oxygen atoms in total. The Morgan fingerprint density at radius 1 is 0.360 bits per heavy atom. The molecule has 0 bridgehead atoms. The molecule has 0 spiro atoms. The van der Waals surface area contributed by atoms with Crippen LogP contribution in [-0.4, -0.2) is 74.9 Å². The van der Waals surface area contributed by atoms with Crippen molar-refractivity contribution in [1.29, 1.82) is 0 Å². The van der Waals surface area contributed by atoms with Crippen LogP contribution in [0.2, 0.25) is 0 Å². The zero-order chi connectivity index (χ0) is 62.6. The highest BCUT2D eigenvalue weighted by molar-refractivity contribution is 7.47. The number of rotatable bonds is 70. The van der Waals surface area contributed by atoms with Crippen LogP contribution >= 0.6 is 7.82 Å². The molecule has 0 amide bonds. The Kier molecular flexibility index (Phi) is 65.8. The highest BCUT2D eigenvalue weighted by atomic mass is 31.2. The average molecular weight is 1230 g/mol. The minimum atomic E-state index is -4.39. The van der Waals surface area contributed by atoms with Gasteiger partial charge in [0.15, 0.2) is 6.10 Å². The summed E-state index contributed by atoms with van der Waals surface area (Å²) in [6, 6.07) is 0. The first-order chi connectivity index (χ1) is 42.0. The number of likely N-dealkylation sites (N-methyl/N-ethyl adjacent to an activating group) is 1. The summed E-state index contributed by atoms with van der Waals surface area (Å²) in [7, 11) is 1.49. The van der Waals surface area contributed by atoms with Gasteiger partial charge in [0.1, 0.15) is 19.8 Å². The summed E-state index contributed by atoms with van der Waals surface area (Å²) in [5.41, 5.74) is 0. The van der Waals surface area contributed by atoms with E-state index in [9.17, 15) is 19.0 Å². The summed E-state index contributed by atoms with van der Waals surface area (Å²) in [5.74, 6) is -0.780. The molecule has 506 valence electrons. The maximum absolute atomic E-state index is 12.9. The summed E-state index contributed by atoms with van der Waals surface area (Å²) in [6.07, 6.45) is 88.2. The molecule has 86 heavy (non-hydrogen) atoms. The summed E-state index contributed by atoms with van der Waals surface area (Å²) >= 11 is 0. The Labute approximate surface area is 534 Å². The number of carbonyl (C=O) groups is 2. The molecule has 0 aromatic carbocycles. The van der Waals surface area contributed by atoms with Crippen LogP contribution in [0.15, 0.2) is 48.6 Å². The van der Waals surface area contributed by atoms with Gasteiger partial charge in [0.2, 0.25) is 0 Å². The maximum Gasteiger partial charge on any atom is 0.472 e. The molecule has 0 saturated heterocycles. The molecule has 0 radical (unpaired) electrons. The second-order valence-corrected chi connectivity index (χ2v) is 28.1. The molecule has 2 atom stereocenters. The number of nitrogens with zero attached hydrogens (tertiary/aromatic N) is 1. The zero-order valence-corrected chi connectivity index (χ0v) is 58.7. The molecular formula is C76H145NO8P+. The Hall–Kier alpha value is -2.03. The van der Waals surface area contributed by atoms with E-state index in [1.807, 2.05) is 21.1 Å². The van der Waals surface area contributed by atoms with Crippen molar-refractivity contribution in [3.05, 3.63) is 48.6 Å². The number of allylic oxidation sites excluding steroid dienone is 8. The fraction of sp³-hybridized carbons (Fsp3) is 0.868. The van der Waals surface area contributed by atoms with Crippen molar-refractivity contribution in [2.45, 2.75) is 380 Å². The SMILES string of the molecule is CCCCCCC/C=C\C/C=C\C/C=C\CCCCCCCCCCCCCCCCCCCCCCCCCCCCC(=O)OC(COC(=O)CCCCCCCCCCC/C=C\CCCCCCCCCC)COP(=O)(O)OCC[N+](C)(C)C. The van der Waals surface area contributed by atoms with Gasteiger partial charge in [-0.1, -0.05) is 332 Å². The minimum Gasteiger partial charge on any atom is -0.462 e. The zero-order valence-electron chi connectivity index (χ0n) is 57.8. The largest absolute Gasteiger partial charge is 0.472 e. The van der Waals surface area contributed by atoms with Crippen LogP contribution in [0.4, 0.5) is 0 Å². The standard InChI is InChI=1S/C76H144NO8P/c1-6-8-10-12-14-16-18-20-22-24-26-28-29-30-31-32-33-34-35-36-37-38-39-40-41-42-43-44-45-46-47-49-51-53-55-57-59-61-63-65-67-69-76(79)85-74(73-84-86(80,81)83-71-70-77(3,4)5)72-82-75(78)68-66-64-62-60-58-56-54-52-50-48-27-25-23-21-19-17-15-13-11-9-7-2/h18,20,24-27,29-30,74H,6-17,19,21-23,28,31-73H2,1-5H3/p+1/b20-18-,26-24-,27-25-,30-29-. The van der Waals surface area contributed by atoms with Gasteiger partial charge >= 0.3 is 19.8 Å². The van der Waals surface area contributed by atoms with Crippen molar-refractivity contribution in [3.8, 4) is 0 Å². The quantitative estimate of drug-likeness (QED) is 0.0211. The smallest absolute Gasteiger partial charge is 0.462 e. The monoisotopic (exact) mass is 1230 g/mol. The molecule has 0 aliphatic rings. The van der Waals surface area contributed by atoms with Crippen molar-refractivity contribution >= 4 is 19.8 Å². The predicted octanol–water partition coefficient (Wildman–Crippen LogP) is 24.4.